The zero-order valence-electron chi connectivity index (χ0n) is 14.8. The van der Waals surface area contributed by atoms with Crippen LogP contribution in [0.5, 0.6) is 0 Å². The van der Waals surface area contributed by atoms with Crippen molar-refractivity contribution in [2.75, 3.05) is 13.1 Å². The number of fused-ring (bicyclic) bond motifs is 1. The van der Waals surface area contributed by atoms with Gasteiger partial charge in [-0.2, -0.15) is 4.99 Å². The molecule has 0 aliphatic carbocycles. The van der Waals surface area contributed by atoms with Crippen molar-refractivity contribution in [3.63, 3.8) is 0 Å². The van der Waals surface area contributed by atoms with Crippen LogP contribution in [0.1, 0.15) is 12.8 Å². The van der Waals surface area contributed by atoms with Gasteiger partial charge in [-0.15, -0.1) is 0 Å². The molecule has 3 aromatic rings. The molecular formula is C20H23N5. The normalized spacial score (nSPS) is 15.1. The van der Waals surface area contributed by atoms with Crippen LogP contribution in [0, 0.1) is 0 Å². The van der Waals surface area contributed by atoms with Crippen molar-refractivity contribution in [2.24, 2.45) is 24.1 Å². The average molecular weight is 333 g/mol. The number of likely N-dealkylation sites (tertiary alicyclic amines) is 1. The Morgan fingerprint density at radius 2 is 1.36 bits per heavy atom. The highest BCUT2D eigenvalue weighted by atomic mass is 15.3. The summed E-state index contributed by atoms with van der Waals surface area (Å²) >= 11 is 0. The molecular weight excluding hydrogens is 310 g/mol. The van der Waals surface area contributed by atoms with Crippen molar-refractivity contribution < 1.29 is 0 Å². The maximum atomic E-state index is 4.97. The molecule has 1 fully saturated rings. The van der Waals surface area contributed by atoms with Crippen LogP contribution in [0.4, 0.5) is 5.69 Å². The highest BCUT2D eigenvalue weighted by Gasteiger charge is 2.17. The third-order valence-electron chi connectivity index (χ3n) is 4.78. The third-order valence-corrected chi connectivity index (χ3v) is 4.78. The van der Waals surface area contributed by atoms with Crippen LogP contribution < -0.4 is 5.62 Å². The monoisotopic (exact) mass is 333 g/mol. The highest BCUT2D eigenvalue weighted by Crippen LogP contribution is 2.16. The van der Waals surface area contributed by atoms with E-state index in [1.54, 1.807) is 0 Å². The lowest BCUT2D eigenvalue weighted by molar-refractivity contribution is 0.510. The van der Waals surface area contributed by atoms with E-state index < -0.39 is 0 Å². The Morgan fingerprint density at radius 1 is 0.800 bits per heavy atom. The Morgan fingerprint density at radius 3 is 1.96 bits per heavy atom. The largest absolute Gasteiger partial charge is 0.341 e. The molecule has 0 atom stereocenters. The number of benzene rings is 2. The molecule has 0 spiro atoms. The minimum absolute atomic E-state index is 0.796. The van der Waals surface area contributed by atoms with Gasteiger partial charge in [0.1, 0.15) is 0 Å². The summed E-state index contributed by atoms with van der Waals surface area (Å²) in [6.07, 6.45) is 2.40. The summed E-state index contributed by atoms with van der Waals surface area (Å²) < 4.78 is 4.26. The summed E-state index contributed by atoms with van der Waals surface area (Å²) in [5.41, 5.74) is 4.19. The van der Waals surface area contributed by atoms with Gasteiger partial charge in [-0.25, -0.2) is 4.99 Å². The number of hydrogen-bond acceptors (Lipinski definition) is 1. The van der Waals surface area contributed by atoms with Crippen molar-refractivity contribution in [3.8, 4) is 0 Å². The average Bonchev–Trinajstić information content (AvgIpc) is 3.26. The van der Waals surface area contributed by atoms with Gasteiger partial charge in [-0.1, -0.05) is 30.3 Å². The summed E-state index contributed by atoms with van der Waals surface area (Å²) in [4.78, 5) is 12.1. The van der Waals surface area contributed by atoms with Crippen LogP contribution in [0.25, 0.3) is 11.0 Å². The summed E-state index contributed by atoms with van der Waals surface area (Å²) in [6, 6.07) is 18.4. The fraction of sp³-hybridized carbons (Fsp3) is 0.300. The van der Waals surface area contributed by atoms with Crippen LogP contribution >= 0.6 is 0 Å². The first kappa shape index (κ1) is 15.7. The molecule has 2 aromatic carbocycles. The molecule has 1 aromatic heterocycles. The molecule has 0 unspecified atom stereocenters. The smallest absolute Gasteiger partial charge is 0.229 e. The van der Waals surface area contributed by atoms with E-state index in [1.807, 2.05) is 30.3 Å². The number of imidazole rings is 1. The Labute approximate surface area is 147 Å². The highest BCUT2D eigenvalue weighted by molar-refractivity contribution is 5.84. The lowest BCUT2D eigenvalue weighted by Crippen LogP contribution is -2.31. The Hall–Kier alpha value is -2.82. The number of nitrogens with zero attached hydrogens (tertiary/aromatic N) is 5. The Bertz CT molecular complexity index is 930. The zero-order valence-corrected chi connectivity index (χ0v) is 14.8. The predicted octanol–water partition coefficient (Wildman–Crippen LogP) is 3.20. The predicted molar refractivity (Wildman–Crippen MR) is 102 cm³/mol. The first-order valence-electron chi connectivity index (χ1n) is 8.78. The first-order chi connectivity index (χ1) is 12.2. The van der Waals surface area contributed by atoms with Gasteiger partial charge in [0.25, 0.3) is 0 Å². The lowest BCUT2D eigenvalue weighted by atomic mass is 10.3. The number of aryl methyl sites for hydroxylation is 2. The number of aromatic nitrogens is 2. The molecule has 128 valence electrons. The van der Waals surface area contributed by atoms with Crippen LogP contribution in [0.3, 0.4) is 0 Å². The lowest BCUT2D eigenvalue weighted by Gasteiger charge is -2.16. The minimum atomic E-state index is 0.796. The second-order valence-corrected chi connectivity index (χ2v) is 6.46. The van der Waals surface area contributed by atoms with E-state index >= 15 is 0 Å². The molecule has 2 heterocycles. The molecule has 1 saturated heterocycles. The topological polar surface area (TPSA) is 37.8 Å². The zero-order chi connectivity index (χ0) is 17.2. The first-order valence-corrected chi connectivity index (χ1v) is 8.78. The van der Waals surface area contributed by atoms with Crippen molar-refractivity contribution in [1.82, 2.24) is 14.0 Å². The van der Waals surface area contributed by atoms with Gasteiger partial charge in [-0.3, -0.25) is 0 Å². The maximum Gasteiger partial charge on any atom is 0.229 e. The Kier molecular flexibility index (Phi) is 4.14. The molecule has 1 aliphatic heterocycles. The van der Waals surface area contributed by atoms with Gasteiger partial charge >= 0.3 is 0 Å². The van der Waals surface area contributed by atoms with Gasteiger partial charge in [0.05, 0.1) is 16.7 Å². The second-order valence-electron chi connectivity index (χ2n) is 6.46. The summed E-state index contributed by atoms with van der Waals surface area (Å²) in [7, 11) is 4.12. The molecule has 0 saturated carbocycles. The van der Waals surface area contributed by atoms with E-state index in [9.17, 15) is 0 Å². The molecule has 0 N–H and O–H groups in total. The van der Waals surface area contributed by atoms with Crippen molar-refractivity contribution in [2.45, 2.75) is 12.8 Å². The summed E-state index contributed by atoms with van der Waals surface area (Å²) in [5, 5.41) is 0. The van der Waals surface area contributed by atoms with Crippen LogP contribution in [0.2, 0.25) is 0 Å². The standard InChI is InChI=1S/C20H23N5/c1-23-17-12-6-7-13-18(17)24(2)20(23)22-19(25-14-8-9-15-25)21-16-10-4-3-5-11-16/h3-7,10-13H,8-9,14-15H2,1-2H3. The quantitative estimate of drug-likeness (QED) is 0.498. The van der Waals surface area contributed by atoms with E-state index in [0.717, 1.165) is 30.4 Å². The number of para-hydroxylation sites is 3. The molecule has 5 nitrogen and oxygen atoms in total. The number of hydrogen-bond donors (Lipinski definition) is 0. The fourth-order valence-electron chi connectivity index (χ4n) is 3.41. The van der Waals surface area contributed by atoms with E-state index in [2.05, 4.69) is 52.4 Å². The van der Waals surface area contributed by atoms with Crippen LogP contribution in [0.15, 0.2) is 64.6 Å². The third kappa shape index (κ3) is 2.97. The number of aliphatic imine (C=N–C) groups is 1. The van der Waals surface area contributed by atoms with E-state index in [1.165, 1.54) is 23.9 Å². The van der Waals surface area contributed by atoms with Gasteiger partial charge in [0, 0.05) is 27.2 Å². The van der Waals surface area contributed by atoms with Gasteiger partial charge in [0.15, 0.2) is 0 Å². The SMILES string of the molecule is Cn1c(=NC(=Nc2ccccc2)N2CCCC2)n(C)c2ccccc21. The molecule has 0 bridgehead atoms. The summed E-state index contributed by atoms with van der Waals surface area (Å²) in [6.45, 7) is 2.03. The van der Waals surface area contributed by atoms with Gasteiger partial charge in [-0.05, 0) is 37.1 Å². The molecule has 5 heteroatoms. The van der Waals surface area contributed by atoms with Crippen molar-refractivity contribution in [1.29, 1.82) is 0 Å². The van der Waals surface area contributed by atoms with Crippen molar-refractivity contribution in [3.05, 3.63) is 60.2 Å². The molecule has 0 radical (unpaired) electrons. The maximum absolute atomic E-state index is 4.97. The van der Waals surface area contributed by atoms with Crippen molar-refractivity contribution >= 4 is 22.7 Å². The minimum Gasteiger partial charge on any atom is -0.341 e. The van der Waals surface area contributed by atoms with Crippen LogP contribution in [-0.2, 0) is 14.1 Å². The fourth-order valence-corrected chi connectivity index (χ4v) is 3.41. The van der Waals surface area contributed by atoms with Gasteiger partial charge < -0.3 is 14.0 Å². The molecule has 0 amide bonds. The molecule has 25 heavy (non-hydrogen) atoms. The van der Waals surface area contributed by atoms with E-state index in [4.69, 9.17) is 9.98 Å². The van der Waals surface area contributed by atoms with E-state index in [-0.39, 0.29) is 0 Å². The second kappa shape index (κ2) is 6.59. The summed E-state index contributed by atoms with van der Waals surface area (Å²) in [5.74, 6) is 0.796. The molecule has 1 aliphatic rings. The van der Waals surface area contributed by atoms with E-state index in [0.29, 0.717) is 0 Å². The number of guanidine groups is 1. The Balaban J connectivity index is 1.89. The van der Waals surface area contributed by atoms with Crippen LogP contribution in [-0.4, -0.2) is 33.1 Å². The number of rotatable bonds is 1. The van der Waals surface area contributed by atoms with Gasteiger partial charge in [0.2, 0.25) is 11.6 Å². The molecule has 4 rings (SSSR count).